The van der Waals surface area contributed by atoms with Crippen LogP contribution in [0.4, 0.5) is 0 Å². The highest BCUT2D eigenvalue weighted by atomic mass is 28.3. The highest BCUT2D eigenvalue weighted by molar-refractivity contribution is 6.91. The summed E-state index contributed by atoms with van der Waals surface area (Å²) in [4.78, 5) is 0. The van der Waals surface area contributed by atoms with Gasteiger partial charge in [0.25, 0.3) is 0 Å². The lowest BCUT2D eigenvalue weighted by molar-refractivity contribution is -0.659. The molecule has 2 heterocycles. The van der Waals surface area contributed by atoms with Gasteiger partial charge in [0, 0.05) is 6.07 Å². The monoisotopic (exact) mass is 468 g/mol. The first-order valence-electron chi connectivity index (χ1n) is 14.1. The van der Waals surface area contributed by atoms with Crippen LogP contribution in [0.5, 0.6) is 0 Å². The smallest absolute Gasteiger partial charge is 0.200 e. The van der Waals surface area contributed by atoms with Gasteiger partial charge in [-0.3, -0.25) is 0 Å². The number of aryl methyl sites for hydroxylation is 1. The molecule has 1 nitrogen and oxygen atoms in total. The molecule has 1 saturated heterocycles. The average molecular weight is 469 g/mol. The molecule has 0 bridgehead atoms. The fourth-order valence-electron chi connectivity index (χ4n) is 7.69. The van der Waals surface area contributed by atoms with E-state index in [0.29, 0.717) is 0 Å². The lowest BCUT2D eigenvalue weighted by Crippen LogP contribution is -2.41. The number of benzene rings is 2. The van der Waals surface area contributed by atoms with E-state index in [9.17, 15) is 0 Å². The Morgan fingerprint density at radius 3 is 2.18 bits per heavy atom. The van der Waals surface area contributed by atoms with E-state index in [2.05, 4.69) is 67.7 Å². The van der Waals surface area contributed by atoms with E-state index in [1.807, 2.05) is 0 Å². The highest BCUT2D eigenvalue weighted by Gasteiger charge is 2.33. The molecule has 1 aliphatic heterocycles. The van der Waals surface area contributed by atoms with Crippen LogP contribution < -0.4 is 9.75 Å². The van der Waals surface area contributed by atoms with Gasteiger partial charge in [0.2, 0.25) is 5.69 Å². The van der Waals surface area contributed by atoms with Crippen molar-refractivity contribution >= 4 is 24.0 Å². The van der Waals surface area contributed by atoms with Gasteiger partial charge in [-0.15, -0.1) is 0 Å². The Bertz CT molecular complexity index is 1210. The molecule has 3 aliphatic rings. The van der Waals surface area contributed by atoms with Crippen LogP contribution in [0, 0.1) is 6.92 Å². The van der Waals surface area contributed by atoms with Crippen molar-refractivity contribution in [3.05, 3.63) is 59.3 Å². The number of hydrogen-bond acceptors (Lipinski definition) is 0. The Morgan fingerprint density at radius 1 is 0.794 bits per heavy atom. The van der Waals surface area contributed by atoms with E-state index in [1.54, 1.807) is 16.3 Å². The maximum absolute atomic E-state index is 2.64. The second-order valence-corrected chi connectivity index (χ2v) is 16.8. The number of fused-ring (bicyclic) bond motifs is 1. The Kier molecular flexibility index (Phi) is 5.92. The summed E-state index contributed by atoms with van der Waals surface area (Å²) >= 11 is 0. The van der Waals surface area contributed by atoms with Crippen LogP contribution in [-0.4, -0.2) is 8.07 Å². The summed E-state index contributed by atoms with van der Waals surface area (Å²) in [5, 5.41) is 4.56. The molecular formula is C32H42NSi+. The molecule has 0 spiro atoms. The first-order valence-corrected chi connectivity index (χ1v) is 17.0. The summed E-state index contributed by atoms with van der Waals surface area (Å²) in [7, 11) is 0.995. The summed E-state index contributed by atoms with van der Waals surface area (Å²) in [6.07, 6.45) is 16.3. The zero-order valence-electron chi connectivity index (χ0n) is 21.6. The molecule has 2 heteroatoms. The van der Waals surface area contributed by atoms with E-state index < -0.39 is 8.07 Å². The predicted molar refractivity (Wildman–Crippen MR) is 148 cm³/mol. The topological polar surface area (TPSA) is 3.88 Å². The molecule has 0 amide bonds. The fraction of sp³-hybridized carbons (Fsp3) is 0.531. The quantitative estimate of drug-likeness (QED) is 0.269. The standard InChI is InChI=1S/C32H42NSi/c1-23-30(25-12-6-7-13-25)21-27(24-10-4-5-11-24)22-31(23)32-29-15-14-28(34(3)18-8-9-19-34)20-26(29)16-17-33(32)2/h14-17,20-22,24-25H,4-13,18-19H2,1-3H3/q+1. The van der Waals surface area contributed by atoms with Crippen molar-refractivity contribution in [2.75, 3.05) is 0 Å². The summed E-state index contributed by atoms with van der Waals surface area (Å²) in [5.41, 5.74) is 7.75. The van der Waals surface area contributed by atoms with E-state index in [-0.39, 0.29) is 0 Å². The van der Waals surface area contributed by atoms with Gasteiger partial charge in [-0.2, -0.15) is 0 Å². The zero-order valence-corrected chi connectivity index (χ0v) is 22.6. The predicted octanol–water partition coefficient (Wildman–Crippen LogP) is 8.03. The van der Waals surface area contributed by atoms with E-state index in [4.69, 9.17) is 0 Å². The number of hydrogen-bond donors (Lipinski definition) is 0. The molecule has 3 fully saturated rings. The minimum Gasteiger partial charge on any atom is -0.200 e. The van der Waals surface area contributed by atoms with Crippen molar-refractivity contribution in [1.29, 1.82) is 0 Å². The van der Waals surface area contributed by atoms with Gasteiger partial charge in [-0.25, -0.2) is 4.57 Å². The van der Waals surface area contributed by atoms with Gasteiger partial charge in [0.05, 0.1) is 19.0 Å². The van der Waals surface area contributed by atoms with Crippen LogP contribution in [0.1, 0.15) is 92.7 Å². The lowest BCUT2D eigenvalue weighted by Gasteiger charge is -2.23. The maximum Gasteiger partial charge on any atom is 0.220 e. The molecule has 0 atom stereocenters. The Hall–Kier alpha value is -1.93. The number of nitrogens with zero attached hydrogens (tertiary/aromatic N) is 1. The molecular weight excluding hydrogens is 426 g/mol. The number of pyridine rings is 1. The summed E-state index contributed by atoms with van der Waals surface area (Å²) in [6.45, 7) is 5.04. The average Bonchev–Trinajstić information content (AvgIpc) is 3.63. The normalized spacial score (nSPS) is 21.1. The van der Waals surface area contributed by atoms with Crippen LogP contribution in [0.15, 0.2) is 42.6 Å². The molecule has 1 aromatic heterocycles. The first-order chi connectivity index (χ1) is 16.5. The third-order valence-electron chi connectivity index (χ3n) is 9.89. The molecule has 0 radical (unpaired) electrons. The largest absolute Gasteiger partial charge is 0.220 e. The van der Waals surface area contributed by atoms with Crippen molar-refractivity contribution < 1.29 is 4.57 Å². The molecule has 2 aromatic carbocycles. The van der Waals surface area contributed by atoms with Crippen LogP contribution in [0.25, 0.3) is 22.0 Å². The van der Waals surface area contributed by atoms with E-state index >= 15 is 0 Å². The molecule has 3 aromatic rings. The molecule has 2 aliphatic carbocycles. The molecule has 0 unspecified atom stereocenters. The second-order valence-electron chi connectivity index (χ2n) is 12.1. The Balaban J connectivity index is 1.53. The third-order valence-corrected chi connectivity index (χ3v) is 14.5. The Morgan fingerprint density at radius 2 is 1.47 bits per heavy atom. The molecule has 0 N–H and O–H groups in total. The molecule has 34 heavy (non-hydrogen) atoms. The van der Waals surface area contributed by atoms with Crippen molar-refractivity contribution in [2.45, 2.75) is 102 Å². The van der Waals surface area contributed by atoms with Gasteiger partial charge in [0.1, 0.15) is 7.05 Å². The van der Waals surface area contributed by atoms with Crippen molar-refractivity contribution in [3.63, 3.8) is 0 Å². The summed E-state index contributed by atoms with van der Waals surface area (Å²) in [6, 6.07) is 18.1. The van der Waals surface area contributed by atoms with Crippen LogP contribution >= 0.6 is 0 Å². The fourth-order valence-corrected chi connectivity index (χ4v) is 11.6. The van der Waals surface area contributed by atoms with Crippen LogP contribution in [0.2, 0.25) is 18.6 Å². The minimum absolute atomic E-state index is 0.764. The third kappa shape index (κ3) is 3.87. The van der Waals surface area contributed by atoms with Crippen LogP contribution in [0.3, 0.4) is 0 Å². The SMILES string of the molecule is Cc1c(-c2c3ccc([Si]4(C)CCCC4)cc3cc[n+]2C)cc(C2CCCC2)cc1C1CCCC1. The van der Waals surface area contributed by atoms with E-state index in [0.717, 1.165) is 11.8 Å². The maximum atomic E-state index is 2.64. The van der Waals surface area contributed by atoms with Crippen LogP contribution in [-0.2, 0) is 7.05 Å². The first kappa shape index (κ1) is 22.5. The summed E-state index contributed by atoms with van der Waals surface area (Å²) in [5.74, 6) is 1.53. The van der Waals surface area contributed by atoms with Gasteiger partial charge >= 0.3 is 0 Å². The molecule has 6 rings (SSSR count). The number of aromatic nitrogens is 1. The number of rotatable bonds is 4. The molecule has 178 valence electrons. The van der Waals surface area contributed by atoms with Crippen molar-refractivity contribution in [2.24, 2.45) is 7.05 Å². The van der Waals surface area contributed by atoms with Gasteiger partial charge in [-0.1, -0.05) is 80.5 Å². The summed E-state index contributed by atoms with van der Waals surface area (Å²) < 4.78 is 2.40. The van der Waals surface area contributed by atoms with E-state index in [1.165, 1.54) is 104 Å². The lowest BCUT2D eigenvalue weighted by atomic mass is 9.84. The molecule has 2 saturated carbocycles. The van der Waals surface area contributed by atoms with Gasteiger partial charge in [0.15, 0.2) is 6.20 Å². The van der Waals surface area contributed by atoms with Crippen molar-refractivity contribution in [1.82, 2.24) is 0 Å². The van der Waals surface area contributed by atoms with Crippen molar-refractivity contribution in [3.8, 4) is 11.3 Å². The van der Waals surface area contributed by atoms with Gasteiger partial charge in [-0.05, 0) is 78.7 Å². The highest BCUT2D eigenvalue weighted by Crippen LogP contribution is 2.43. The zero-order chi connectivity index (χ0) is 23.3. The second kappa shape index (κ2) is 8.93. The van der Waals surface area contributed by atoms with Gasteiger partial charge < -0.3 is 0 Å². The minimum atomic E-state index is -1.26. The Labute approximate surface area is 207 Å².